The molecule has 0 saturated heterocycles. The number of aromatic nitrogens is 2. The molecule has 0 aliphatic carbocycles. The fraction of sp³-hybridized carbons (Fsp3) is 0.200. The van der Waals surface area contributed by atoms with Crippen LogP contribution in [-0.4, -0.2) is 15.5 Å². The van der Waals surface area contributed by atoms with Crippen molar-refractivity contribution in [3.8, 4) is 0 Å². The van der Waals surface area contributed by atoms with Crippen molar-refractivity contribution in [2.45, 2.75) is 5.88 Å². The third-order valence-corrected chi connectivity index (χ3v) is 1.39. The van der Waals surface area contributed by atoms with Crippen molar-refractivity contribution in [2.24, 2.45) is 5.73 Å². The van der Waals surface area contributed by atoms with E-state index in [-0.39, 0.29) is 5.82 Å². The predicted molar refractivity (Wildman–Crippen MR) is 39.7 cm³/mol. The van der Waals surface area contributed by atoms with Gasteiger partial charge in [0.1, 0.15) is 0 Å². The molecule has 0 spiro atoms. The Balaban J connectivity index is 3.01. The summed E-state index contributed by atoms with van der Waals surface area (Å²) in [5.74, 6) is 0.132. The summed E-state index contributed by atoms with van der Waals surface area (Å²) in [4.78, 5) is 14.3. The van der Waals surface area contributed by atoms with Crippen molar-refractivity contribution in [3.63, 3.8) is 0 Å². The Morgan fingerprint density at radius 2 is 2.60 bits per heavy atom. The molecule has 0 aliphatic rings. The van der Waals surface area contributed by atoms with Gasteiger partial charge < -0.3 is 10.3 Å². The number of imidazole rings is 1. The predicted octanol–water partition coefficient (Wildman–Crippen LogP) is -0.131. The summed E-state index contributed by atoms with van der Waals surface area (Å²) in [7, 11) is 0. The van der Waals surface area contributed by atoms with Gasteiger partial charge in [-0.05, 0) is 0 Å². The van der Waals surface area contributed by atoms with E-state index < -0.39 is 5.91 Å². The van der Waals surface area contributed by atoms with Crippen LogP contribution in [0.4, 0.5) is 0 Å². The molecule has 54 valence electrons. The fourth-order valence-electron chi connectivity index (χ4n) is 0.648. The van der Waals surface area contributed by atoms with Gasteiger partial charge in [-0.2, -0.15) is 12.6 Å². The van der Waals surface area contributed by atoms with E-state index in [9.17, 15) is 4.79 Å². The van der Waals surface area contributed by atoms with E-state index >= 15 is 0 Å². The molecule has 1 aromatic rings. The first-order valence-corrected chi connectivity index (χ1v) is 3.30. The molecule has 0 radical (unpaired) electrons. The zero-order valence-corrected chi connectivity index (χ0v) is 6.08. The Hall–Kier alpha value is -0.970. The van der Waals surface area contributed by atoms with Crippen molar-refractivity contribution in [1.82, 2.24) is 9.55 Å². The molecule has 4 nitrogen and oxygen atoms in total. The number of carbonyl (C=O) groups excluding carboxylic acids is 1. The van der Waals surface area contributed by atoms with E-state index in [1.165, 1.54) is 6.20 Å². The minimum absolute atomic E-state index is 0.245. The summed E-state index contributed by atoms with van der Waals surface area (Å²) in [6, 6.07) is 0. The van der Waals surface area contributed by atoms with Gasteiger partial charge in [0.05, 0.1) is 5.88 Å². The van der Waals surface area contributed by atoms with E-state index in [1.807, 2.05) is 0 Å². The van der Waals surface area contributed by atoms with Gasteiger partial charge in [-0.15, -0.1) is 0 Å². The summed E-state index contributed by atoms with van der Waals surface area (Å²) in [5.41, 5.74) is 4.98. The smallest absolute Gasteiger partial charge is 0.284 e. The minimum Gasteiger partial charge on any atom is -0.363 e. The van der Waals surface area contributed by atoms with Crippen LogP contribution in [0.15, 0.2) is 12.4 Å². The van der Waals surface area contributed by atoms with Crippen LogP contribution < -0.4 is 5.73 Å². The molecule has 1 aromatic heterocycles. The first kappa shape index (κ1) is 7.14. The van der Waals surface area contributed by atoms with Gasteiger partial charge in [-0.1, -0.05) is 0 Å². The lowest BCUT2D eigenvalue weighted by Gasteiger charge is -1.97. The van der Waals surface area contributed by atoms with E-state index in [1.54, 1.807) is 10.8 Å². The Kier molecular flexibility index (Phi) is 1.96. The van der Waals surface area contributed by atoms with Crippen LogP contribution in [0.25, 0.3) is 0 Å². The first-order valence-electron chi connectivity index (χ1n) is 2.67. The number of rotatable bonds is 2. The van der Waals surface area contributed by atoms with Gasteiger partial charge in [0.2, 0.25) is 0 Å². The molecule has 1 amide bonds. The summed E-state index contributed by atoms with van der Waals surface area (Å²) < 4.78 is 1.56. The summed E-state index contributed by atoms with van der Waals surface area (Å²) >= 11 is 3.96. The highest BCUT2D eigenvalue weighted by molar-refractivity contribution is 7.79. The molecule has 5 heteroatoms. The third-order valence-electron chi connectivity index (χ3n) is 1.09. The summed E-state index contributed by atoms with van der Waals surface area (Å²) in [6.07, 6.45) is 3.16. The highest BCUT2D eigenvalue weighted by atomic mass is 32.1. The highest BCUT2D eigenvalue weighted by Crippen LogP contribution is 1.96. The number of primary amides is 1. The molecular weight excluding hydrogens is 150 g/mol. The molecule has 0 bridgehead atoms. The Bertz CT molecular complexity index is 245. The SMILES string of the molecule is NC(=O)c1nccn1CS. The van der Waals surface area contributed by atoms with Crippen molar-refractivity contribution in [1.29, 1.82) is 0 Å². The molecule has 0 saturated carbocycles. The van der Waals surface area contributed by atoms with Crippen LogP contribution in [0.3, 0.4) is 0 Å². The molecule has 1 heterocycles. The maximum atomic E-state index is 10.5. The number of amides is 1. The number of hydrogen-bond donors (Lipinski definition) is 2. The molecule has 0 aliphatic heterocycles. The number of carbonyl (C=O) groups is 1. The van der Waals surface area contributed by atoms with Crippen LogP contribution >= 0.6 is 12.6 Å². The normalized spacial score (nSPS) is 9.70. The van der Waals surface area contributed by atoms with E-state index in [0.29, 0.717) is 5.88 Å². The molecule has 0 unspecified atom stereocenters. The zero-order chi connectivity index (χ0) is 7.56. The van der Waals surface area contributed by atoms with Crippen molar-refractivity contribution in [2.75, 3.05) is 0 Å². The molecule has 0 atom stereocenters. The van der Waals surface area contributed by atoms with Gasteiger partial charge in [-0.25, -0.2) is 4.98 Å². The third kappa shape index (κ3) is 1.13. The monoisotopic (exact) mass is 157 g/mol. The molecule has 0 fully saturated rings. The quantitative estimate of drug-likeness (QED) is 0.587. The van der Waals surface area contributed by atoms with Crippen LogP contribution in [0.1, 0.15) is 10.6 Å². The maximum absolute atomic E-state index is 10.5. The van der Waals surface area contributed by atoms with Gasteiger partial charge >= 0.3 is 0 Å². The van der Waals surface area contributed by atoms with Gasteiger partial charge in [0.25, 0.3) is 5.91 Å². The van der Waals surface area contributed by atoms with Gasteiger partial charge in [-0.3, -0.25) is 4.79 Å². The Morgan fingerprint density at radius 3 is 3.00 bits per heavy atom. The first-order chi connectivity index (χ1) is 4.75. The Labute approximate surface area is 63.5 Å². The number of nitrogens with two attached hydrogens (primary N) is 1. The lowest BCUT2D eigenvalue weighted by atomic mass is 10.6. The fourth-order valence-corrected chi connectivity index (χ4v) is 0.877. The summed E-state index contributed by atoms with van der Waals surface area (Å²) in [5, 5.41) is 0. The Morgan fingerprint density at radius 1 is 1.90 bits per heavy atom. The zero-order valence-electron chi connectivity index (χ0n) is 5.19. The molecule has 10 heavy (non-hydrogen) atoms. The second-order valence-corrected chi connectivity index (χ2v) is 2.01. The second kappa shape index (κ2) is 2.74. The molecule has 0 aromatic carbocycles. The van der Waals surface area contributed by atoms with E-state index in [0.717, 1.165) is 0 Å². The lowest BCUT2D eigenvalue weighted by molar-refractivity contribution is 0.0987. The standard InChI is InChI=1S/C5H7N3OS/c6-4(9)5-7-1-2-8(5)3-10/h1-2,10H,3H2,(H2,6,9). The van der Waals surface area contributed by atoms with Crippen molar-refractivity contribution >= 4 is 18.5 Å². The highest BCUT2D eigenvalue weighted by Gasteiger charge is 2.05. The topological polar surface area (TPSA) is 60.9 Å². The van der Waals surface area contributed by atoms with Gasteiger partial charge in [0.15, 0.2) is 5.82 Å². The van der Waals surface area contributed by atoms with Crippen molar-refractivity contribution in [3.05, 3.63) is 18.2 Å². The van der Waals surface area contributed by atoms with Crippen LogP contribution in [0.5, 0.6) is 0 Å². The lowest BCUT2D eigenvalue weighted by Crippen LogP contribution is -2.17. The number of hydrogen-bond acceptors (Lipinski definition) is 3. The van der Waals surface area contributed by atoms with Crippen molar-refractivity contribution < 1.29 is 4.79 Å². The van der Waals surface area contributed by atoms with Crippen LogP contribution in [-0.2, 0) is 5.88 Å². The molecule has 1 rings (SSSR count). The average Bonchev–Trinajstić information content (AvgIpc) is 2.33. The number of thiol groups is 1. The average molecular weight is 157 g/mol. The van der Waals surface area contributed by atoms with E-state index in [4.69, 9.17) is 5.73 Å². The minimum atomic E-state index is -0.529. The van der Waals surface area contributed by atoms with E-state index in [2.05, 4.69) is 17.6 Å². The second-order valence-electron chi connectivity index (χ2n) is 1.73. The number of nitrogens with zero attached hydrogens (tertiary/aromatic N) is 2. The largest absolute Gasteiger partial charge is 0.363 e. The van der Waals surface area contributed by atoms with Gasteiger partial charge in [0, 0.05) is 12.4 Å². The molecular formula is C5H7N3OS. The summed E-state index contributed by atoms with van der Waals surface area (Å²) in [6.45, 7) is 0. The van der Waals surface area contributed by atoms with Crippen LogP contribution in [0, 0.1) is 0 Å². The van der Waals surface area contributed by atoms with Crippen LogP contribution in [0.2, 0.25) is 0 Å². The molecule has 2 N–H and O–H groups in total. The maximum Gasteiger partial charge on any atom is 0.284 e.